The molecule has 0 spiro atoms. The van der Waals surface area contributed by atoms with Crippen LogP contribution < -0.4 is 4.89 Å². The number of ether oxygens (including phenoxy) is 2. The zero-order chi connectivity index (χ0) is 62.6. The molecule has 2 atom stereocenters. The first-order chi connectivity index (χ1) is 42.0. The van der Waals surface area contributed by atoms with Gasteiger partial charge >= 0.3 is 11.9 Å². The number of nitrogens with zero attached hydrogens (tertiary/aromatic N) is 1. The molecule has 9 nitrogen and oxygen atoms in total. The normalized spacial score (nSPS) is 13.7. The second kappa shape index (κ2) is 66.4. The minimum absolute atomic E-state index is 0.0316. The van der Waals surface area contributed by atoms with Gasteiger partial charge in [-0.1, -0.05) is 317 Å². The van der Waals surface area contributed by atoms with Crippen molar-refractivity contribution in [3.05, 3.63) is 97.2 Å². The number of hydrogen-bond acceptors (Lipinski definition) is 8. The molecular weight excluding hydrogens is 1090 g/mol. The van der Waals surface area contributed by atoms with Gasteiger partial charge in [0.2, 0.25) is 0 Å². The minimum Gasteiger partial charge on any atom is -0.756 e. The lowest BCUT2D eigenvalue weighted by atomic mass is 10.0. The second-order valence-electron chi connectivity index (χ2n) is 25.2. The van der Waals surface area contributed by atoms with Crippen molar-refractivity contribution in [1.82, 2.24) is 0 Å². The highest BCUT2D eigenvalue weighted by Crippen LogP contribution is 2.38. The molecule has 2 unspecified atom stereocenters. The van der Waals surface area contributed by atoms with Gasteiger partial charge in [0.05, 0.1) is 27.7 Å². The van der Waals surface area contributed by atoms with Crippen LogP contribution in [0.2, 0.25) is 0 Å². The highest BCUT2D eigenvalue weighted by Gasteiger charge is 2.22. The number of unbranched alkanes of at least 4 members (excludes halogenated alkanes) is 36. The van der Waals surface area contributed by atoms with Gasteiger partial charge in [-0.05, 0) is 89.9 Å². The number of carbonyl (C=O) groups is 2. The molecule has 0 fully saturated rings. The van der Waals surface area contributed by atoms with E-state index in [0.29, 0.717) is 17.4 Å². The highest BCUT2D eigenvalue weighted by atomic mass is 31.2. The Kier molecular flexibility index (Phi) is 64.0. The standard InChI is InChI=1S/C76H136NO8P/c1-6-8-10-12-14-16-18-20-22-24-26-28-30-32-34-36-37-38-39-41-43-45-47-49-51-53-55-57-59-61-63-65-67-69-76(79)85-74(73-84-86(80,81)83-71-70-77(3,4)5)72-82-75(78)68-66-64-62-60-58-56-54-52-50-48-46-44-42-40-35-33-31-29-27-25-23-21-19-17-15-13-11-9-7-2/h8-11,14-17,20-23,26-29,74H,6-7,12-13,18-19,24-25,30-73H2,1-5H3/b10-8-,11-9-,16-14-,17-15-,22-20-,23-21-,28-26-,29-27-. The van der Waals surface area contributed by atoms with E-state index in [0.717, 1.165) is 89.9 Å². The van der Waals surface area contributed by atoms with E-state index >= 15 is 0 Å². The number of rotatable bonds is 66. The summed E-state index contributed by atoms with van der Waals surface area (Å²) in [5.74, 6) is -0.821. The van der Waals surface area contributed by atoms with E-state index in [-0.39, 0.29) is 32.0 Å². The van der Waals surface area contributed by atoms with Crippen LogP contribution in [0.3, 0.4) is 0 Å². The smallest absolute Gasteiger partial charge is 0.306 e. The van der Waals surface area contributed by atoms with E-state index in [9.17, 15) is 19.0 Å². The molecule has 0 aliphatic carbocycles. The van der Waals surface area contributed by atoms with Crippen molar-refractivity contribution in [2.75, 3.05) is 47.5 Å². The second-order valence-corrected chi connectivity index (χ2v) is 26.6. The van der Waals surface area contributed by atoms with Crippen LogP contribution in [0.4, 0.5) is 0 Å². The van der Waals surface area contributed by atoms with Crippen LogP contribution in [0.15, 0.2) is 97.2 Å². The molecule has 0 heterocycles. The van der Waals surface area contributed by atoms with Crippen molar-refractivity contribution in [3.63, 3.8) is 0 Å². The van der Waals surface area contributed by atoms with Gasteiger partial charge in [0.15, 0.2) is 6.10 Å². The number of hydrogen-bond donors (Lipinski definition) is 0. The highest BCUT2D eigenvalue weighted by molar-refractivity contribution is 7.45. The Morgan fingerprint density at radius 1 is 0.360 bits per heavy atom. The Morgan fingerprint density at radius 2 is 0.628 bits per heavy atom. The van der Waals surface area contributed by atoms with Gasteiger partial charge in [-0.2, -0.15) is 0 Å². The van der Waals surface area contributed by atoms with Crippen LogP contribution in [0.1, 0.15) is 322 Å². The molecule has 0 aromatic carbocycles. The predicted molar refractivity (Wildman–Crippen MR) is 369 cm³/mol. The Morgan fingerprint density at radius 3 is 0.930 bits per heavy atom. The number of phosphoric ester groups is 1. The van der Waals surface area contributed by atoms with E-state index in [1.54, 1.807) is 0 Å². The molecule has 0 rings (SSSR count). The maximum absolute atomic E-state index is 12.9. The van der Waals surface area contributed by atoms with Crippen molar-refractivity contribution in [2.24, 2.45) is 0 Å². The molecule has 0 aliphatic heterocycles. The van der Waals surface area contributed by atoms with Crippen LogP contribution in [-0.4, -0.2) is 70.0 Å². The molecule has 0 aromatic heterocycles. The average Bonchev–Trinajstić information content (AvgIpc) is 3.70. The summed E-state index contributed by atoms with van der Waals surface area (Å²) < 4.78 is 34.4. The van der Waals surface area contributed by atoms with Crippen LogP contribution in [0.25, 0.3) is 0 Å². The average molecular weight is 1220 g/mol. The van der Waals surface area contributed by atoms with E-state index in [1.807, 2.05) is 21.1 Å². The molecule has 0 amide bonds. The quantitative estimate of drug-likeness (QED) is 0.0195. The summed E-state index contributed by atoms with van der Waals surface area (Å²) >= 11 is 0. The molecule has 498 valence electrons. The van der Waals surface area contributed by atoms with Crippen molar-refractivity contribution < 1.29 is 42.1 Å². The maximum atomic E-state index is 12.9. The topological polar surface area (TPSA) is 111 Å². The fourth-order valence-electron chi connectivity index (χ4n) is 10.2. The molecule has 0 bridgehead atoms. The molecule has 0 radical (unpaired) electrons. The van der Waals surface area contributed by atoms with Gasteiger partial charge in [-0.15, -0.1) is 0 Å². The molecule has 86 heavy (non-hydrogen) atoms. The fourth-order valence-corrected chi connectivity index (χ4v) is 10.9. The predicted octanol–water partition coefficient (Wildman–Crippen LogP) is 22.9. The first-order valence-corrected chi connectivity index (χ1v) is 37.4. The summed E-state index contributed by atoms with van der Waals surface area (Å²) in [6.45, 7) is 4.06. The molecule has 0 saturated heterocycles. The molecule has 0 aromatic rings. The van der Waals surface area contributed by atoms with Crippen molar-refractivity contribution in [2.45, 2.75) is 328 Å². The lowest BCUT2D eigenvalue weighted by molar-refractivity contribution is -0.870. The zero-order valence-electron chi connectivity index (χ0n) is 56.7. The fraction of sp³-hybridized carbons (Fsp3) is 0.763. The Hall–Kier alpha value is -3.07. The number of quaternary nitrogens is 1. The van der Waals surface area contributed by atoms with E-state index < -0.39 is 26.5 Å². The molecular formula is C76H136NO8P. The number of allylic oxidation sites excluding steroid dienone is 16. The zero-order valence-corrected chi connectivity index (χ0v) is 57.6. The lowest BCUT2D eigenvalue weighted by Gasteiger charge is -2.28. The Bertz CT molecular complexity index is 1770. The van der Waals surface area contributed by atoms with E-state index in [2.05, 4.69) is 111 Å². The van der Waals surface area contributed by atoms with Crippen LogP contribution >= 0.6 is 7.82 Å². The summed E-state index contributed by atoms with van der Waals surface area (Å²) in [4.78, 5) is 38.1. The van der Waals surface area contributed by atoms with Gasteiger partial charge < -0.3 is 27.9 Å². The number of likely N-dealkylation sites (N-methyl/N-ethyl adjacent to an activating group) is 1. The Balaban J connectivity index is 4.00. The summed E-state index contributed by atoms with van der Waals surface area (Å²) in [7, 11) is 1.17. The van der Waals surface area contributed by atoms with Gasteiger partial charge in [-0.25, -0.2) is 0 Å². The lowest BCUT2D eigenvalue weighted by Crippen LogP contribution is -2.37. The minimum atomic E-state index is -4.64. The monoisotopic (exact) mass is 1220 g/mol. The van der Waals surface area contributed by atoms with E-state index in [1.165, 1.54) is 199 Å². The summed E-state index contributed by atoms with van der Waals surface area (Å²) in [5.41, 5.74) is 0. The SMILES string of the molecule is CC/C=C\C/C=C\C/C=C\C/C=C\CCCCCCCCCCCCCCCCCCCCCCC(=O)OC(COC(=O)CCCCCCCCCCCCCCCCCC/C=C\C/C=C\C/C=C\C/C=C\CC)COP(=O)([O-])OCC[N+](C)(C)C. The van der Waals surface area contributed by atoms with Gasteiger partial charge in [0.25, 0.3) is 7.82 Å². The van der Waals surface area contributed by atoms with E-state index in [4.69, 9.17) is 18.5 Å². The molecule has 0 saturated carbocycles. The van der Waals surface area contributed by atoms with Crippen LogP contribution in [-0.2, 0) is 32.7 Å². The summed E-state index contributed by atoms with van der Waals surface area (Å²) in [6, 6.07) is 0. The van der Waals surface area contributed by atoms with Gasteiger partial charge in [0, 0.05) is 12.8 Å². The first kappa shape index (κ1) is 82.9. The summed E-state index contributed by atoms with van der Waals surface area (Å²) in [5, 5.41) is 0. The third kappa shape index (κ3) is 70.0. The van der Waals surface area contributed by atoms with Gasteiger partial charge in [-0.3, -0.25) is 14.2 Å². The van der Waals surface area contributed by atoms with Crippen molar-refractivity contribution in [3.8, 4) is 0 Å². The third-order valence-electron chi connectivity index (χ3n) is 15.6. The van der Waals surface area contributed by atoms with Crippen molar-refractivity contribution in [1.29, 1.82) is 0 Å². The number of esters is 2. The molecule has 0 aliphatic rings. The third-order valence-corrected chi connectivity index (χ3v) is 16.6. The van der Waals surface area contributed by atoms with Crippen LogP contribution in [0.5, 0.6) is 0 Å². The maximum Gasteiger partial charge on any atom is 0.306 e. The summed E-state index contributed by atoms with van der Waals surface area (Å²) in [6.07, 6.45) is 92.1. The van der Waals surface area contributed by atoms with Crippen molar-refractivity contribution >= 4 is 19.8 Å². The molecule has 0 N–H and O–H groups in total. The molecule has 10 heteroatoms. The van der Waals surface area contributed by atoms with Crippen LogP contribution in [0, 0.1) is 0 Å². The van der Waals surface area contributed by atoms with Gasteiger partial charge in [0.1, 0.15) is 19.8 Å². The number of phosphoric acid groups is 1. The largest absolute Gasteiger partial charge is 0.756 e. The first-order valence-electron chi connectivity index (χ1n) is 35.9. The number of carbonyl (C=O) groups excluding carboxylic acids is 2. The Labute approximate surface area is 532 Å².